The van der Waals surface area contributed by atoms with E-state index in [1.165, 1.54) is 12.8 Å². The lowest BCUT2D eigenvalue weighted by Gasteiger charge is -2.48. The first-order valence-corrected chi connectivity index (χ1v) is 11.3. The second-order valence-electron chi connectivity index (χ2n) is 9.69. The van der Waals surface area contributed by atoms with E-state index in [9.17, 15) is 14.7 Å². The van der Waals surface area contributed by atoms with E-state index >= 15 is 0 Å². The number of aryl methyl sites for hydroxylation is 2. The van der Waals surface area contributed by atoms with Gasteiger partial charge in [-0.3, -0.25) is 14.3 Å². The van der Waals surface area contributed by atoms with Crippen molar-refractivity contribution in [2.24, 2.45) is 18.4 Å². The number of carbonyl (C=O) groups excluding carboxylic acids is 2. The van der Waals surface area contributed by atoms with Crippen molar-refractivity contribution < 1.29 is 14.7 Å². The Morgan fingerprint density at radius 2 is 1.93 bits per heavy atom. The number of aliphatic hydroxyl groups is 1. The molecule has 1 aromatic rings. The minimum Gasteiger partial charge on any atom is -0.391 e. The zero-order valence-corrected chi connectivity index (χ0v) is 17.4. The van der Waals surface area contributed by atoms with Crippen LogP contribution in [-0.2, 0) is 24.7 Å². The number of likely N-dealkylation sites (tertiary alicyclic amines) is 2. The summed E-state index contributed by atoms with van der Waals surface area (Å²) in [7, 11) is 1.87. The molecule has 2 saturated heterocycles. The van der Waals surface area contributed by atoms with E-state index in [0.717, 1.165) is 49.2 Å². The van der Waals surface area contributed by atoms with Gasteiger partial charge in [0.25, 0.3) is 5.91 Å². The van der Waals surface area contributed by atoms with E-state index in [-0.39, 0.29) is 11.8 Å². The highest BCUT2D eigenvalue weighted by Gasteiger charge is 2.49. The highest BCUT2D eigenvalue weighted by molar-refractivity contribution is 5.95. The number of fused-ring (bicyclic) bond motifs is 1. The van der Waals surface area contributed by atoms with Crippen LogP contribution in [0.25, 0.3) is 0 Å². The van der Waals surface area contributed by atoms with Crippen LogP contribution in [0.4, 0.5) is 0 Å². The van der Waals surface area contributed by atoms with Gasteiger partial charge in [-0.2, -0.15) is 5.10 Å². The molecule has 2 amide bonds. The number of β-amino-alcohol motifs (C(OH)–C–C–N with tert-alkyl or cyclic N) is 1. The van der Waals surface area contributed by atoms with Gasteiger partial charge in [0, 0.05) is 38.8 Å². The SMILES string of the molecule is Cn1nc2c(c1C(=O)N1CCC3(CC1)CC(O)CN(CC1CC1)C3=O)CCCC2. The minimum absolute atomic E-state index is 0.0524. The molecule has 1 spiro atoms. The number of piperidine rings is 2. The summed E-state index contributed by atoms with van der Waals surface area (Å²) >= 11 is 0. The van der Waals surface area contributed by atoms with E-state index in [2.05, 4.69) is 5.10 Å². The molecule has 5 rings (SSSR count). The molecule has 7 heteroatoms. The van der Waals surface area contributed by atoms with Crippen molar-refractivity contribution in [3.05, 3.63) is 17.0 Å². The first kappa shape index (κ1) is 19.1. The number of hydrogen-bond donors (Lipinski definition) is 1. The average molecular weight is 401 g/mol. The van der Waals surface area contributed by atoms with Crippen LogP contribution in [0, 0.1) is 11.3 Å². The summed E-state index contributed by atoms with van der Waals surface area (Å²) in [6, 6.07) is 0. The molecule has 0 aromatic carbocycles. The lowest BCUT2D eigenvalue weighted by atomic mass is 9.70. The van der Waals surface area contributed by atoms with Crippen LogP contribution in [0.15, 0.2) is 0 Å². The molecule has 29 heavy (non-hydrogen) atoms. The maximum absolute atomic E-state index is 13.3. The molecule has 1 atom stereocenters. The van der Waals surface area contributed by atoms with Crippen molar-refractivity contribution in [3.63, 3.8) is 0 Å². The Kier molecular flexibility index (Phi) is 4.68. The van der Waals surface area contributed by atoms with Gasteiger partial charge in [0.15, 0.2) is 0 Å². The third kappa shape index (κ3) is 3.37. The fraction of sp³-hybridized carbons (Fsp3) is 0.773. The smallest absolute Gasteiger partial charge is 0.272 e. The summed E-state index contributed by atoms with van der Waals surface area (Å²) in [6.45, 7) is 2.42. The van der Waals surface area contributed by atoms with Gasteiger partial charge >= 0.3 is 0 Å². The molecule has 0 radical (unpaired) electrons. The molecule has 3 fully saturated rings. The van der Waals surface area contributed by atoms with Crippen LogP contribution in [0.3, 0.4) is 0 Å². The number of rotatable bonds is 3. The third-order valence-corrected chi connectivity index (χ3v) is 7.50. The lowest BCUT2D eigenvalue weighted by molar-refractivity contribution is -0.156. The highest BCUT2D eigenvalue weighted by Crippen LogP contribution is 2.43. The van der Waals surface area contributed by atoms with E-state index in [1.54, 1.807) is 4.68 Å². The molecule has 2 aliphatic carbocycles. The van der Waals surface area contributed by atoms with Gasteiger partial charge in [0.1, 0.15) is 5.69 Å². The molecule has 0 bridgehead atoms. The zero-order chi connectivity index (χ0) is 20.2. The van der Waals surface area contributed by atoms with Gasteiger partial charge in [0.2, 0.25) is 5.91 Å². The van der Waals surface area contributed by atoms with Gasteiger partial charge in [0.05, 0.1) is 17.2 Å². The Bertz CT molecular complexity index is 818. The second kappa shape index (κ2) is 7.11. The van der Waals surface area contributed by atoms with Gasteiger partial charge in [-0.1, -0.05) is 0 Å². The molecule has 1 saturated carbocycles. The first-order valence-electron chi connectivity index (χ1n) is 11.3. The minimum atomic E-state index is -0.491. The van der Waals surface area contributed by atoms with Crippen molar-refractivity contribution in [1.29, 1.82) is 0 Å². The van der Waals surface area contributed by atoms with E-state index in [4.69, 9.17) is 0 Å². The quantitative estimate of drug-likeness (QED) is 0.835. The van der Waals surface area contributed by atoms with Crippen LogP contribution in [-0.4, -0.2) is 68.8 Å². The predicted molar refractivity (Wildman–Crippen MR) is 107 cm³/mol. The maximum atomic E-state index is 13.3. The zero-order valence-electron chi connectivity index (χ0n) is 17.4. The molecule has 7 nitrogen and oxygen atoms in total. The van der Waals surface area contributed by atoms with Crippen LogP contribution in [0.2, 0.25) is 0 Å². The summed E-state index contributed by atoms with van der Waals surface area (Å²) in [4.78, 5) is 30.4. The van der Waals surface area contributed by atoms with Crippen molar-refractivity contribution in [1.82, 2.24) is 19.6 Å². The Morgan fingerprint density at radius 1 is 1.21 bits per heavy atom. The Morgan fingerprint density at radius 3 is 2.66 bits per heavy atom. The Hall–Kier alpha value is -1.89. The van der Waals surface area contributed by atoms with Gasteiger partial charge in [-0.25, -0.2) is 0 Å². The van der Waals surface area contributed by atoms with Crippen LogP contribution in [0.1, 0.15) is 66.7 Å². The number of aromatic nitrogens is 2. The molecule has 1 unspecified atom stereocenters. The van der Waals surface area contributed by atoms with E-state index in [1.807, 2.05) is 16.8 Å². The van der Waals surface area contributed by atoms with Crippen molar-refractivity contribution in [2.45, 2.75) is 63.9 Å². The van der Waals surface area contributed by atoms with Crippen molar-refractivity contribution in [3.8, 4) is 0 Å². The lowest BCUT2D eigenvalue weighted by Crippen LogP contribution is -2.58. The van der Waals surface area contributed by atoms with Crippen LogP contribution < -0.4 is 0 Å². The van der Waals surface area contributed by atoms with E-state index in [0.29, 0.717) is 44.8 Å². The molecule has 2 aliphatic heterocycles. The fourth-order valence-electron chi connectivity index (χ4n) is 5.70. The number of amides is 2. The third-order valence-electron chi connectivity index (χ3n) is 7.50. The topological polar surface area (TPSA) is 78.7 Å². The summed E-state index contributed by atoms with van der Waals surface area (Å²) in [5.74, 6) is 0.885. The maximum Gasteiger partial charge on any atom is 0.272 e. The highest BCUT2D eigenvalue weighted by atomic mass is 16.3. The Labute approximate surface area is 172 Å². The number of carbonyl (C=O) groups is 2. The van der Waals surface area contributed by atoms with Gasteiger partial charge < -0.3 is 14.9 Å². The number of hydrogen-bond acceptors (Lipinski definition) is 4. The van der Waals surface area contributed by atoms with Gasteiger partial charge in [-0.15, -0.1) is 0 Å². The first-order chi connectivity index (χ1) is 14.0. The molecule has 1 N–H and O–H groups in total. The van der Waals surface area contributed by atoms with Crippen molar-refractivity contribution >= 4 is 11.8 Å². The molecular formula is C22H32N4O3. The second-order valence-corrected chi connectivity index (χ2v) is 9.69. The van der Waals surface area contributed by atoms with Crippen molar-refractivity contribution in [2.75, 3.05) is 26.2 Å². The number of nitrogens with zero attached hydrogens (tertiary/aromatic N) is 4. The summed E-state index contributed by atoms with van der Waals surface area (Å²) < 4.78 is 1.76. The number of aliphatic hydroxyl groups excluding tert-OH is 1. The van der Waals surface area contributed by atoms with E-state index < -0.39 is 11.5 Å². The monoisotopic (exact) mass is 400 g/mol. The standard InChI is InChI=1S/C22H32N4O3/c1-24-19(17-4-2-3-5-18(17)23-24)20(28)25-10-8-22(9-11-25)12-16(27)14-26(21(22)29)13-15-6-7-15/h15-16,27H,2-14H2,1H3. The largest absolute Gasteiger partial charge is 0.391 e. The average Bonchev–Trinajstić information content (AvgIpc) is 3.45. The molecular weight excluding hydrogens is 368 g/mol. The predicted octanol–water partition coefficient (Wildman–Crippen LogP) is 1.52. The normalized spacial score (nSPS) is 26.7. The summed E-state index contributed by atoms with van der Waals surface area (Å²) in [5.41, 5.74) is 2.46. The molecule has 1 aromatic heterocycles. The fourth-order valence-corrected chi connectivity index (χ4v) is 5.70. The Balaban J connectivity index is 1.30. The summed E-state index contributed by atoms with van der Waals surface area (Å²) in [5, 5.41) is 15.0. The molecule has 3 heterocycles. The van der Waals surface area contributed by atoms with Gasteiger partial charge in [-0.05, 0) is 63.7 Å². The molecule has 4 aliphatic rings. The summed E-state index contributed by atoms with van der Waals surface area (Å²) in [6.07, 6.45) is 7.94. The molecule has 158 valence electrons. The van der Waals surface area contributed by atoms with Crippen LogP contribution in [0.5, 0.6) is 0 Å². The van der Waals surface area contributed by atoms with Crippen LogP contribution >= 0.6 is 0 Å².